The van der Waals surface area contributed by atoms with Crippen LogP contribution in [0.4, 0.5) is 10.1 Å². The second kappa shape index (κ2) is 3.07. The molecule has 1 aliphatic rings. The van der Waals surface area contributed by atoms with E-state index >= 15 is 0 Å². The molecule has 2 unspecified atom stereocenters. The van der Waals surface area contributed by atoms with Crippen molar-refractivity contribution in [1.82, 2.24) is 0 Å². The van der Waals surface area contributed by atoms with Gasteiger partial charge in [-0.2, -0.15) is 0 Å². The van der Waals surface area contributed by atoms with Crippen LogP contribution in [0.2, 0.25) is 0 Å². The number of benzene rings is 1. The molecule has 0 saturated heterocycles. The second-order valence-electron chi connectivity index (χ2n) is 3.04. The molecule has 1 aromatic carbocycles. The molecule has 2 nitrogen and oxygen atoms in total. The van der Waals surface area contributed by atoms with Gasteiger partial charge in [-0.1, -0.05) is 11.6 Å². The summed E-state index contributed by atoms with van der Waals surface area (Å²) in [4.78, 5) is 0. The molecular weight excluding hydrogens is 193 g/mol. The summed E-state index contributed by atoms with van der Waals surface area (Å²) in [5.41, 5.74) is 0.333. The number of rotatable bonds is 0. The smallest absolute Gasteiger partial charge is 0.191 e. The molecule has 2 rings (SSSR count). The highest BCUT2D eigenvalue weighted by molar-refractivity contribution is 6.20. The highest BCUT2D eigenvalue weighted by Crippen LogP contribution is 2.32. The van der Waals surface area contributed by atoms with Gasteiger partial charge in [0.2, 0.25) is 0 Å². The number of alkyl halides is 1. The summed E-state index contributed by atoms with van der Waals surface area (Å²) in [7, 11) is 0. The maximum absolute atomic E-state index is 12.8. The SMILES string of the molecule is CC1Nc2ccc(F)cc2OC1Cl. The van der Waals surface area contributed by atoms with Gasteiger partial charge in [-0.15, -0.1) is 0 Å². The van der Waals surface area contributed by atoms with Crippen LogP contribution in [0.5, 0.6) is 5.75 Å². The first-order chi connectivity index (χ1) is 6.16. The summed E-state index contributed by atoms with van der Waals surface area (Å²) in [5, 5.41) is 3.11. The van der Waals surface area contributed by atoms with Gasteiger partial charge in [-0.25, -0.2) is 4.39 Å². The molecule has 0 spiro atoms. The van der Waals surface area contributed by atoms with Crippen LogP contribution in [-0.4, -0.2) is 11.6 Å². The quantitative estimate of drug-likeness (QED) is 0.652. The molecule has 4 heteroatoms. The van der Waals surface area contributed by atoms with Crippen molar-refractivity contribution in [3.63, 3.8) is 0 Å². The van der Waals surface area contributed by atoms with Gasteiger partial charge in [0, 0.05) is 6.07 Å². The van der Waals surface area contributed by atoms with Crippen molar-refractivity contribution < 1.29 is 9.13 Å². The highest BCUT2D eigenvalue weighted by atomic mass is 35.5. The van der Waals surface area contributed by atoms with Crippen LogP contribution in [0, 0.1) is 5.82 Å². The summed E-state index contributed by atoms with van der Waals surface area (Å²) >= 11 is 5.84. The Morgan fingerprint density at radius 2 is 2.31 bits per heavy atom. The maximum atomic E-state index is 12.8. The fourth-order valence-corrected chi connectivity index (χ4v) is 1.41. The van der Waals surface area contributed by atoms with Crippen molar-refractivity contribution in [3.8, 4) is 5.75 Å². The van der Waals surface area contributed by atoms with Gasteiger partial charge >= 0.3 is 0 Å². The number of ether oxygens (including phenoxy) is 1. The van der Waals surface area contributed by atoms with Crippen LogP contribution in [0.1, 0.15) is 6.92 Å². The van der Waals surface area contributed by atoms with Crippen molar-refractivity contribution in [2.24, 2.45) is 0 Å². The lowest BCUT2D eigenvalue weighted by atomic mass is 10.2. The van der Waals surface area contributed by atoms with Gasteiger partial charge in [0.15, 0.2) is 5.56 Å². The molecule has 70 valence electrons. The Kier molecular flexibility index (Phi) is 2.04. The lowest BCUT2D eigenvalue weighted by molar-refractivity contribution is 0.250. The standard InChI is InChI=1S/C9H9ClFNO/c1-5-9(10)13-8-4-6(11)2-3-7(8)12-5/h2-5,9,12H,1H3. The normalized spacial score (nSPS) is 25.8. The monoisotopic (exact) mass is 201 g/mol. The van der Waals surface area contributed by atoms with E-state index in [4.69, 9.17) is 16.3 Å². The molecule has 0 aromatic heterocycles. The van der Waals surface area contributed by atoms with E-state index < -0.39 is 5.56 Å². The zero-order chi connectivity index (χ0) is 9.42. The van der Waals surface area contributed by atoms with E-state index in [1.54, 1.807) is 6.07 Å². The van der Waals surface area contributed by atoms with Crippen molar-refractivity contribution in [3.05, 3.63) is 24.0 Å². The lowest BCUT2D eigenvalue weighted by Crippen LogP contribution is -2.35. The van der Waals surface area contributed by atoms with Crippen molar-refractivity contribution in [2.75, 3.05) is 5.32 Å². The Balaban J connectivity index is 2.37. The molecule has 0 saturated carbocycles. The third-order valence-electron chi connectivity index (χ3n) is 1.96. The summed E-state index contributed by atoms with van der Waals surface area (Å²) in [6, 6.07) is 4.38. The van der Waals surface area contributed by atoms with Crippen LogP contribution in [0.3, 0.4) is 0 Å². The van der Waals surface area contributed by atoms with E-state index in [1.807, 2.05) is 6.92 Å². The predicted molar refractivity (Wildman–Crippen MR) is 49.8 cm³/mol. The van der Waals surface area contributed by atoms with Gasteiger partial charge in [0.05, 0.1) is 11.7 Å². The molecule has 0 bridgehead atoms. The highest BCUT2D eigenvalue weighted by Gasteiger charge is 2.23. The Labute approximate surface area is 80.7 Å². The van der Waals surface area contributed by atoms with Crippen LogP contribution in [-0.2, 0) is 0 Å². The van der Waals surface area contributed by atoms with Crippen molar-refractivity contribution in [1.29, 1.82) is 0 Å². The molecule has 1 N–H and O–H groups in total. The summed E-state index contributed by atoms with van der Waals surface area (Å²) in [5.74, 6) is 0.150. The van der Waals surface area contributed by atoms with E-state index in [2.05, 4.69) is 5.32 Å². The number of fused-ring (bicyclic) bond motifs is 1. The first kappa shape index (κ1) is 8.63. The predicted octanol–water partition coefficient (Wildman–Crippen LogP) is 2.58. The van der Waals surface area contributed by atoms with E-state index in [-0.39, 0.29) is 11.9 Å². The van der Waals surface area contributed by atoms with Gasteiger partial charge in [0.25, 0.3) is 0 Å². The largest absolute Gasteiger partial charge is 0.470 e. The minimum atomic E-state index is -0.450. The van der Waals surface area contributed by atoms with E-state index in [0.717, 1.165) is 5.69 Å². The average molecular weight is 202 g/mol. The maximum Gasteiger partial charge on any atom is 0.191 e. The van der Waals surface area contributed by atoms with Crippen LogP contribution in [0.15, 0.2) is 18.2 Å². The fourth-order valence-electron chi connectivity index (χ4n) is 1.25. The topological polar surface area (TPSA) is 21.3 Å². The summed E-state index contributed by atoms with van der Waals surface area (Å²) in [6.07, 6.45) is 0. The molecule has 0 amide bonds. The first-order valence-corrected chi connectivity index (χ1v) is 4.47. The molecule has 0 radical (unpaired) electrons. The Bertz CT molecular complexity index is 331. The average Bonchev–Trinajstić information content (AvgIpc) is 2.08. The molecule has 1 heterocycles. The molecule has 0 aliphatic carbocycles. The van der Waals surface area contributed by atoms with E-state index in [9.17, 15) is 4.39 Å². The van der Waals surface area contributed by atoms with E-state index in [1.165, 1.54) is 12.1 Å². The fraction of sp³-hybridized carbons (Fsp3) is 0.333. The molecule has 2 atom stereocenters. The summed E-state index contributed by atoms with van der Waals surface area (Å²) < 4.78 is 18.1. The van der Waals surface area contributed by atoms with E-state index in [0.29, 0.717) is 5.75 Å². The molecule has 1 aromatic rings. The molecule has 0 fully saturated rings. The molecule has 1 aliphatic heterocycles. The zero-order valence-electron chi connectivity index (χ0n) is 7.05. The zero-order valence-corrected chi connectivity index (χ0v) is 7.81. The van der Waals surface area contributed by atoms with Crippen LogP contribution < -0.4 is 10.1 Å². The number of halogens is 2. The second-order valence-corrected chi connectivity index (χ2v) is 3.47. The van der Waals surface area contributed by atoms with Crippen molar-refractivity contribution >= 4 is 17.3 Å². The third kappa shape index (κ3) is 1.56. The first-order valence-electron chi connectivity index (χ1n) is 4.03. The minimum Gasteiger partial charge on any atom is -0.470 e. The van der Waals surface area contributed by atoms with Crippen LogP contribution in [0.25, 0.3) is 0 Å². The van der Waals surface area contributed by atoms with Crippen LogP contribution >= 0.6 is 11.6 Å². The Morgan fingerprint density at radius 1 is 1.54 bits per heavy atom. The Hall–Kier alpha value is -0.960. The van der Waals surface area contributed by atoms with Crippen molar-refractivity contribution in [2.45, 2.75) is 18.5 Å². The lowest BCUT2D eigenvalue weighted by Gasteiger charge is -2.28. The van der Waals surface area contributed by atoms with Gasteiger partial charge < -0.3 is 10.1 Å². The minimum absolute atomic E-state index is 0.0274. The number of hydrogen-bond donors (Lipinski definition) is 1. The Morgan fingerprint density at radius 3 is 3.08 bits per heavy atom. The third-order valence-corrected chi connectivity index (χ3v) is 2.43. The number of hydrogen-bond acceptors (Lipinski definition) is 2. The number of nitrogens with one attached hydrogen (secondary N) is 1. The van der Waals surface area contributed by atoms with Gasteiger partial charge in [-0.3, -0.25) is 0 Å². The molecule has 13 heavy (non-hydrogen) atoms. The summed E-state index contributed by atoms with van der Waals surface area (Å²) in [6.45, 7) is 1.91. The molecular formula is C9H9ClFNO. The van der Waals surface area contributed by atoms with Gasteiger partial charge in [0.1, 0.15) is 11.6 Å². The van der Waals surface area contributed by atoms with Gasteiger partial charge in [-0.05, 0) is 19.1 Å². The number of anilines is 1.